The minimum absolute atomic E-state index is 0. The van der Waals surface area contributed by atoms with E-state index in [1.165, 1.54) is 23.5 Å². The summed E-state index contributed by atoms with van der Waals surface area (Å²) in [5.41, 5.74) is 13.3. The number of fused-ring (bicyclic) bond motifs is 3. The largest absolute Gasteiger partial charge is 0.577 e. The number of nitrogens with two attached hydrogens (primary N) is 2. The molecule has 40 heavy (non-hydrogen) atoms. The normalized spacial score (nSPS) is 30.5. The smallest absolute Gasteiger partial charge is 0.167 e. The van der Waals surface area contributed by atoms with E-state index >= 15 is 0 Å². The summed E-state index contributed by atoms with van der Waals surface area (Å²) in [5.74, 6) is 0.555. The van der Waals surface area contributed by atoms with E-state index in [0.717, 1.165) is 0 Å². The topological polar surface area (TPSA) is 251 Å². The molecule has 3 saturated heterocycles. The van der Waals surface area contributed by atoms with Gasteiger partial charge in [-0.15, -0.1) is 0 Å². The number of anilines is 2. The minimum atomic E-state index is -1.19. The summed E-state index contributed by atoms with van der Waals surface area (Å²) in [7, 11) is -1.00. The van der Waals surface area contributed by atoms with Crippen molar-refractivity contribution in [2.45, 2.75) is 49.1 Å². The Kier molecular flexibility index (Phi) is 8.57. The zero-order valence-electron chi connectivity index (χ0n) is 21.8. The van der Waals surface area contributed by atoms with Crippen LogP contribution in [0, 0.1) is 0 Å². The van der Waals surface area contributed by atoms with Gasteiger partial charge in [0.2, 0.25) is 0 Å². The molecule has 3 aliphatic rings. The van der Waals surface area contributed by atoms with Crippen LogP contribution in [0.4, 0.5) is 16.0 Å². The molecule has 17 nitrogen and oxygen atoms in total. The second kappa shape index (κ2) is 12.1. The number of epoxide rings is 1. The van der Waals surface area contributed by atoms with Crippen LogP contribution in [0.2, 0.25) is 0 Å². The van der Waals surface area contributed by atoms with E-state index in [1.54, 1.807) is 10.9 Å². The monoisotopic (exact) mass is 584 g/mol. The highest BCUT2D eigenvalue weighted by atomic mass is 31.0. The van der Waals surface area contributed by atoms with Gasteiger partial charge in [-0.2, -0.15) is 0 Å². The Hall–Kier alpha value is -3.22. The van der Waals surface area contributed by atoms with Crippen molar-refractivity contribution in [3.8, 4) is 0 Å². The number of halogens is 1. The SMILES string of the molecule is Nc1ncnc2c1ncn2[C@@H]1O[C@H](CO)[C@@H](O)[C@@H]1O.Nc1ncnc2c1ncn2[C@@H]1O[C@H](CO)[C@@H]2O[C@@H]21.[2H]CF.[PH2-]. The van der Waals surface area contributed by atoms with Gasteiger partial charge in [-0.25, -0.2) is 29.9 Å². The molecule has 218 valence electrons. The highest BCUT2D eigenvalue weighted by Gasteiger charge is 2.59. The molecular formula is C21H29FN10O7P-. The van der Waals surface area contributed by atoms with Gasteiger partial charge in [0.15, 0.2) is 35.4 Å². The summed E-state index contributed by atoms with van der Waals surface area (Å²) in [4.78, 5) is 24.1. The molecule has 0 aromatic carbocycles. The Bertz CT molecular complexity index is 1470. The van der Waals surface area contributed by atoms with Crippen LogP contribution in [0.5, 0.6) is 0 Å². The van der Waals surface area contributed by atoms with Crippen molar-refractivity contribution < 1.29 is 40.4 Å². The molecule has 8 atom stereocenters. The molecular weight excluding hydrogens is 554 g/mol. The van der Waals surface area contributed by atoms with Crippen LogP contribution in [0.1, 0.15) is 13.8 Å². The van der Waals surface area contributed by atoms with Crippen LogP contribution in [0.3, 0.4) is 0 Å². The van der Waals surface area contributed by atoms with Crippen molar-refractivity contribution in [1.29, 1.82) is 0 Å². The van der Waals surface area contributed by atoms with Gasteiger partial charge in [-0.3, -0.25) is 13.5 Å². The molecule has 8 N–H and O–H groups in total. The maximum absolute atomic E-state index is 9.96. The predicted molar refractivity (Wildman–Crippen MR) is 139 cm³/mol. The van der Waals surface area contributed by atoms with Crippen molar-refractivity contribution in [1.82, 2.24) is 39.0 Å². The summed E-state index contributed by atoms with van der Waals surface area (Å²) in [6.45, 7) is -0.445. The Morgan fingerprint density at radius 1 is 0.800 bits per heavy atom. The molecule has 3 fully saturated rings. The lowest BCUT2D eigenvalue weighted by molar-refractivity contribution is -0.0823. The van der Waals surface area contributed by atoms with E-state index in [-0.39, 0.29) is 46.9 Å². The van der Waals surface area contributed by atoms with Crippen molar-refractivity contribution in [2.24, 2.45) is 0 Å². The van der Waals surface area contributed by atoms with Crippen molar-refractivity contribution in [3.05, 3.63) is 25.3 Å². The third-order valence-electron chi connectivity index (χ3n) is 6.54. The first-order valence-electron chi connectivity index (χ1n) is 12.3. The summed E-state index contributed by atoms with van der Waals surface area (Å²) < 4.78 is 35.3. The third-order valence-corrected chi connectivity index (χ3v) is 6.54. The summed E-state index contributed by atoms with van der Waals surface area (Å²) >= 11 is 0. The number of rotatable bonds is 4. The highest BCUT2D eigenvalue weighted by Crippen LogP contribution is 2.45. The quantitative estimate of drug-likeness (QED) is 0.112. The van der Waals surface area contributed by atoms with Gasteiger partial charge < -0.3 is 56.0 Å². The van der Waals surface area contributed by atoms with E-state index in [4.69, 9.17) is 37.3 Å². The maximum Gasteiger partial charge on any atom is 0.167 e. The number of alkyl halides is 1. The number of aliphatic hydroxyl groups excluding tert-OH is 4. The maximum atomic E-state index is 9.96. The number of aromatic nitrogens is 8. The molecule has 0 spiro atoms. The van der Waals surface area contributed by atoms with Gasteiger partial charge in [0.1, 0.15) is 60.3 Å². The first-order chi connectivity index (χ1) is 19.3. The number of ether oxygens (including phenoxy) is 3. The van der Waals surface area contributed by atoms with Crippen molar-refractivity contribution in [3.63, 3.8) is 0 Å². The average Bonchev–Trinajstić information content (AvgIpc) is 3.24. The lowest BCUT2D eigenvalue weighted by Gasteiger charge is -2.17. The molecule has 7 heterocycles. The fourth-order valence-electron chi connectivity index (χ4n) is 4.59. The van der Waals surface area contributed by atoms with Gasteiger partial charge in [0.25, 0.3) is 0 Å². The zero-order chi connectivity index (χ0) is 28.6. The fourth-order valence-corrected chi connectivity index (χ4v) is 4.59. The molecule has 0 aliphatic carbocycles. The Balaban J connectivity index is 0.000000169. The van der Waals surface area contributed by atoms with E-state index in [1.807, 2.05) is 0 Å². The summed E-state index contributed by atoms with van der Waals surface area (Å²) in [6.07, 6.45) is 0.905. The molecule has 7 rings (SSSR count). The molecule has 0 saturated carbocycles. The number of hydrogen-bond acceptors (Lipinski definition) is 15. The molecule has 0 radical (unpaired) electrons. The first kappa shape index (κ1) is 28.3. The second-order valence-electron chi connectivity index (χ2n) is 8.71. The van der Waals surface area contributed by atoms with E-state index in [9.17, 15) is 14.6 Å². The Morgan fingerprint density at radius 2 is 1.30 bits per heavy atom. The molecule has 4 aromatic heterocycles. The van der Waals surface area contributed by atoms with Crippen LogP contribution < -0.4 is 11.5 Å². The number of aliphatic hydroxyl groups is 4. The lowest BCUT2D eigenvalue weighted by Crippen LogP contribution is -2.33. The van der Waals surface area contributed by atoms with Crippen LogP contribution >= 0.6 is 9.90 Å². The van der Waals surface area contributed by atoms with Crippen molar-refractivity contribution in [2.75, 3.05) is 31.8 Å². The lowest BCUT2D eigenvalue weighted by atomic mass is 10.1. The predicted octanol–water partition coefficient (Wildman–Crippen LogP) is -2.00. The number of hydrogen-bond donors (Lipinski definition) is 6. The van der Waals surface area contributed by atoms with E-state index in [0.29, 0.717) is 28.1 Å². The second-order valence-corrected chi connectivity index (χ2v) is 8.71. The van der Waals surface area contributed by atoms with Gasteiger partial charge in [0, 0.05) is 0 Å². The number of nitrogen functional groups attached to an aromatic ring is 2. The van der Waals surface area contributed by atoms with E-state index < -0.39 is 38.3 Å². The summed E-state index contributed by atoms with van der Waals surface area (Å²) in [5, 5.41) is 37.9. The average molecular weight is 585 g/mol. The fraction of sp³-hybridized carbons (Fsp3) is 0.524. The van der Waals surface area contributed by atoms with Gasteiger partial charge >= 0.3 is 0 Å². The number of nitrogens with zero attached hydrogens (tertiary/aromatic N) is 8. The van der Waals surface area contributed by atoms with Gasteiger partial charge in [-0.05, 0) is 0 Å². The molecule has 19 heteroatoms. The van der Waals surface area contributed by atoms with Crippen LogP contribution in [-0.4, -0.2) is 116 Å². The van der Waals surface area contributed by atoms with Crippen molar-refractivity contribution >= 4 is 43.9 Å². The minimum Gasteiger partial charge on any atom is -0.577 e. The van der Waals surface area contributed by atoms with E-state index in [2.05, 4.69) is 29.9 Å². The van der Waals surface area contributed by atoms with Crippen LogP contribution in [-0.2, 0) is 14.2 Å². The first-order valence-corrected chi connectivity index (χ1v) is 11.6. The number of imidazole rings is 2. The molecule has 0 unspecified atom stereocenters. The summed E-state index contributed by atoms with van der Waals surface area (Å²) in [6, 6.07) is 0. The van der Waals surface area contributed by atoms with Crippen LogP contribution in [0.25, 0.3) is 22.3 Å². The zero-order valence-corrected chi connectivity index (χ0v) is 21.9. The highest BCUT2D eigenvalue weighted by molar-refractivity contribution is 6.92. The molecule has 0 bridgehead atoms. The standard InChI is InChI=1S/C10H13N5O4.C10H11N5O3.CH3F.H2P/c11-8-5-9(13-2-12-8)15(3-14-5)10-7(18)6(17)4(1-16)19-10;11-8-5-9(13-2-12-8)15(3-14-5)10-7-6(18-7)4(1-16)17-10;1-2;/h2-4,6-7,10,16-18H,1H2,(H2,11,12,13);2-4,6-7,10,16H,1H2,(H2,11,12,13);1H3;1H2/q;;;-1/t4-,6-,7+,10-;4-,6+,7+,10-;;/m11../s1/i;;1D;. The van der Waals surface area contributed by atoms with Gasteiger partial charge in [0.05, 0.1) is 34.4 Å². The molecule has 0 amide bonds. The van der Waals surface area contributed by atoms with Crippen LogP contribution in [0.15, 0.2) is 25.3 Å². The Labute approximate surface area is 230 Å². The Morgan fingerprint density at radius 3 is 1.77 bits per heavy atom. The molecule has 3 aliphatic heterocycles. The molecule has 4 aromatic rings. The third kappa shape index (κ3) is 5.04. The van der Waals surface area contributed by atoms with Gasteiger partial charge in [-0.1, -0.05) is 0 Å².